The minimum Gasteiger partial charge on any atom is -0.308 e. The minimum absolute atomic E-state index is 0.215. The van der Waals surface area contributed by atoms with Crippen LogP contribution in [0.5, 0.6) is 0 Å². The van der Waals surface area contributed by atoms with E-state index in [-0.39, 0.29) is 6.04 Å². The Balaban J connectivity index is 1.82. The summed E-state index contributed by atoms with van der Waals surface area (Å²) in [4.78, 5) is 4.40. The Hall–Kier alpha value is -1.19. The molecule has 1 saturated carbocycles. The molecule has 1 N–H and O–H groups in total. The van der Waals surface area contributed by atoms with Crippen LogP contribution in [0.25, 0.3) is 0 Å². The summed E-state index contributed by atoms with van der Waals surface area (Å²) >= 11 is 1.65. The van der Waals surface area contributed by atoms with E-state index in [4.69, 9.17) is 0 Å². The average Bonchev–Trinajstić information content (AvgIpc) is 2.84. The van der Waals surface area contributed by atoms with E-state index in [1.165, 1.54) is 30.4 Å². The maximum atomic E-state index is 4.40. The lowest BCUT2D eigenvalue weighted by Crippen LogP contribution is -2.18. The van der Waals surface area contributed by atoms with Crippen LogP contribution in [0, 0.1) is 0 Å². The second kappa shape index (κ2) is 5.21. The van der Waals surface area contributed by atoms with Gasteiger partial charge in [-0.25, -0.2) is 4.98 Å². The number of nitrogens with zero attached hydrogens (tertiary/aromatic N) is 1. The molecule has 3 heteroatoms. The number of thiazole rings is 1. The van der Waals surface area contributed by atoms with Crippen molar-refractivity contribution < 1.29 is 0 Å². The van der Waals surface area contributed by atoms with Gasteiger partial charge in [-0.1, -0.05) is 30.7 Å². The van der Waals surface area contributed by atoms with Crippen molar-refractivity contribution in [1.82, 2.24) is 10.3 Å². The van der Waals surface area contributed by atoms with E-state index in [1.54, 1.807) is 11.3 Å². The van der Waals surface area contributed by atoms with Gasteiger partial charge in [0.05, 0.1) is 17.2 Å². The lowest BCUT2D eigenvalue weighted by molar-refractivity contribution is 0.419. The molecule has 2 aromatic rings. The molecule has 1 atom stereocenters. The number of rotatable bonds is 4. The van der Waals surface area contributed by atoms with Crippen molar-refractivity contribution in [2.45, 2.75) is 31.2 Å². The van der Waals surface area contributed by atoms with Crippen molar-refractivity contribution in [3.05, 3.63) is 52.0 Å². The first-order valence-electron chi connectivity index (χ1n) is 6.53. The summed E-state index contributed by atoms with van der Waals surface area (Å²) in [6, 6.07) is 9.28. The standard InChI is InChI=1S/C15H18N2S/c1-16-15(14-9-18-10-17-14)13-7-5-12(6-8-13)11-3-2-4-11/h5-11,15-16H,2-4H2,1H3. The molecule has 0 bridgehead atoms. The Labute approximate surface area is 112 Å². The summed E-state index contributed by atoms with van der Waals surface area (Å²) < 4.78 is 0. The Morgan fingerprint density at radius 1 is 1.28 bits per heavy atom. The molecular formula is C15H18N2S. The van der Waals surface area contributed by atoms with Crippen LogP contribution in [0.4, 0.5) is 0 Å². The monoisotopic (exact) mass is 258 g/mol. The Morgan fingerprint density at radius 3 is 2.56 bits per heavy atom. The Bertz CT molecular complexity index is 486. The predicted molar refractivity (Wildman–Crippen MR) is 76.1 cm³/mol. The number of benzene rings is 1. The summed E-state index contributed by atoms with van der Waals surface area (Å²) in [5.41, 5.74) is 5.80. The van der Waals surface area contributed by atoms with E-state index in [0.29, 0.717) is 0 Å². The molecule has 1 heterocycles. The Kier molecular flexibility index (Phi) is 3.43. The third-order valence-corrected chi connectivity index (χ3v) is 4.49. The number of hydrogen-bond donors (Lipinski definition) is 1. The topological polar surface area (TPSA) is 24.9 Å². The van der Waals surface area contributed by atoms with Crippen LogP contribution in [0.1, 0.15) is 48.0 Å². The highest BCUT2D eigenvalue weighted by Gasteiger charge is 2.20. The molecule has 1 fully saturated rings. The number of nitrogens with one attached hydrogen (secondary N) is 1. The predicted octanol–water partition coefficient (Wildman–Crippen LogP) is 3.72. The minimum atomic E-state index is 0.215. The SMILES string of the molecule is CNC(c1ccc(C2CCC2)cc1)c1cscn1. The van der Waals surface area contributed by atoms with Crippen LogP contribution >= 0.6 is 11.3 Å². The molecular weight excluding hydrogens is 240 g/mol. The molecule has 1 aliphatic carbocycles. The molecule has 1 unspecified atom stereocenters. The second-order valence-corrected chi connectivity index (χ2v) is 5.65. The fourth-order valence-electron chi connectivity index (χ4n) is 2.55. The largest absolute Gasteiger partial charge is 0.308 e. The third kappa shape index (κ3) is 2.20. The van der Waals surface area contributed by atoms with Crippen LogP contribution in [-0.2, 0) is 0 Å². The fourth-order valence-corrected chi connectivity index (χ4v) is 3.13. The van der Waals surface area contributed by atoms with Crippen LogP contribution in [0.2, 0.25) is 0 Å². The average molecular weight is 258 g/mol. The molecule has 0 saturated heterocycles. The first-order valence-corrected chi connectivity index (χ1v) is 7.48. The molecule has 0 spiro atoms. The lowest BCUT2D eigenvalue weighted by atomic mass is 9.80. The van der Waals surface area contributed by atoms with E-state index in [9.17, 15) is 0 Å². The molecule has 3 rings (SSSR count). The fraction of sp³-hybridized carbons (Fsp3) is 0.400. The maximum Gasteiger partial charge on any atom is 0.0795 e. The smallest absolute Gasteiger partial charge is 0.0795 e. The van der Waals surface area contributed by atoms with Crippen molar-refractivity contribution in [1.29, 1.82) is 0 Å². The Morgan fingerprint density at radius 2 is 2.06 bits per heavy atom. The maximum absolute atomic E-state index is 4.40. The summed E-state index contributed by atoms with van der Waals surface area (Å²) in [5.74, 6) is 0.811. The van der Waals surface area contributed by atoms with E-state index >= 15 is 0 Å². The zero-order chi connectivity index (χ0) is 12.4. The van der Waals surface area contributed by atoms with Gasteiger partial charge in [0, 0.05) is 5.38 Å². The van der Waals surface area contributed by atoms with E-state index in [0.717, 1.165) is 11.6 Å². The zero-order valence-corrected chi connectivity index (χ0v) is 11.4. The lowest BCUT2D eigenvalue weighted by Gasteiger charge is -2.26. The van der Waals surface area contributed by atoms with Crippen molar-refractivity contribution in [3.63, 3.8) is 0 Å². The molecule has 2 nitrogen and oxygen atoms in total. The number of aromatic nitrogens is 1. The highest BCUT2D eigenvalue weighted by molar-refractivity contribution is 7.07. The van der Waals surface area contributed by atoms with Gasteiger partial charge >= 0.3 is 0 Å². The third-order valence-electron chi connectivity index (χ3n) is 3.88. The normalized spacial score (nSPS) is 17.4. The van der Waals surface area contributed by atoms with Gasteiger partial charge in [-0.3, -0.25) is 0 Å². The van der Waals surface area contributed by atoms with Gasteiger partial charge in [0.2, 0.25) is 0 Å². The summed E-state index contributed by atoms with van der Waals surface area (Å²) in [6.45, 7) is 0. The molecule has 1 aliphatic rings. The zero-order valence-electron chi connectivity index (χ0n) is 10.6. The summed E-state index contributed by atoms with van der Waals surface area (Å²) in [5, 5.41) is 5.45. The van der Waals surface area contributed by atoms with Gasteiger partial charge in [0.15, 0.2) is 0 Å². The molecule has 0 amide bonds. The first kappa shape index (κ1) is 11.9. The van der Waals surface area contributed by atoms with Crippen LogP contribution in [-0.4, -0.2) is 12.0 Å². The van der Waals surface area contributed by atoms with Crippen molar-refractivity contribution >= 4 is 11.3 Å². The molecule has 1 aromatic heterocycles. The molecule has 1 aromatic carbocycles. The van der Waals surface area contributed by atoms with Crippen molar-refractivity contribution in [3.8, 4) is 0 Å². The van der Waals surface area contributed by atoms with Gasteiger partial charge in [-0.15, -0.1) is 11.3 Å². The van der Waals surface area contributed by atoms with Crippen LogP contribution in [0.15, 0.2) is 35.2 Å². The van der Waals surface area contributed by atoms with E-state index < -0.39 is 0 Å². The van der Waals surface area contributed by atoms with Gasteiger partial charge in [0.25, 0.3) is 0 Å². The second-order valence-electron chi connectivity index (χ2n) is 4.93. The number of hydrogen-bond acceptors (Lipinski definition) is 3. The van der Waals surface area contributed by atoms with Gasteiger partial charge in [0.1, 0.15) is 0 Å². The molecule has 0 radical (unpaired) electrons. The highest BCUT2D eigenvalue weighted by atomic mass is 32.1. The van der Waals surface area contributed by atoms with Crippen molar-refractivity contribution in [2.75, 3.05) is 7.05 Å². The van der Waals surface area contributed by atoms with Crippen LogP contribution in [0.3, 0.4) is 0 Å². The summed E-state index contributed by atoms with van der Waals surface area (Å²) in [7, 11) is 1.99. The first-order chi connectivity index (χ1) is 8.88. The van der Waals surface area contributed by atoms with Crippen LogP contribution < -0.4 is 5.32 Å². The highest BCUT2D eigenvalue weighted by Crippen LogP contribution is 2.36. The molecule has 94 valence electrons. The van der Waals surface area contributed by atoms with E-state index in [2.05, 4.69) is 39.9 Å². The van der Waals surface area contributed by atoms with Crippen molar-refractivity contribution in [2.24, 2.45) is 0 Å². The van der Waals surface area contributed by atoms with Gasteiger partial charge < -0.3 is 5.32 Å². The van der Waals surface area contributed by atoms with Gasteiger partial charge in [-0.05, 0) is 36.9 Å². The summed E-state index contributed by atoms with van der Waals surface area (Å²) in [6.07, 6.45) is 4.12. The quantitative estimate of drug-likeness (QED) is 0.904. The van der Waals surface area contributed by atoms with E-state index in [1.807, 2.05) is 12.6 Å². The molecule has 18 heavy (non-hydrogen) atoms. The van der Waals surface area contributed by atoms with Gasteiger partial charge in [-0.2, -0.15) is 0 Å². The molecule has 0 aliphatic heterocycles.